The molecule has 0 amide bonds. The molecular weight excluding hydrogens is 636 g/mol. The van der Waals surface area contributed by atoms with Crippen LogP contribution >= 0.6 is 0 Å². The van der Waals surface area contributed by atoms with Crippen molar-refractivity contribution in [3.63, 3.8) is 0 Å². The van der Waals surface area contributed by atoms with Gasteiger partial charge < -0.3 is 52.5 Å². The van der Waals surface area contributed by atoms with Crippen LogP contribution in [0.15, 0.2) is 24.3 Å². The highest BCUT2D eigenvalue weighted by Gasteiger charge is 2.68. The van der Waals surface area contributed by atoms with Crippen LogP contribution in [0.2, 0.25) is 0 Å². The van der Waals surface area contributed by atoms with Crippen LogP contribution in [0.5, 0.6) is 0 Å². The summed E-state index contributed by atoms with van der Waals surface area (Å²) < 4.78 is 64.8. The van der Waals surface area contributed by atoms with Gasteiger partial charge >= 0.3 is 5.97 Å². The monoisotopic (exact) mass is 688 g/mol. The van der Waals surface area contributed by atoms with Crippen LogP contribution in [0.25, 0.3) is 0 Å². The molecule has 1 unspecified atom stereocenters. The standard InChI is InChI=1S/C37H52O12/c1-17-11-20-5-7-24-18(2)12-22(42-24)9-10-37-15-28-33(48-37)34-35(46-28)36(49-37)31-25(45-34)8-6-21(44-31)13-29(39)47-32-27(14-26(43-20)19(17)3)41-16-23(38)30(32)40-4/h17,20-28,30-36,38H,2-3,5-16H2,1,4H3/t17-,20+,21-,22+,23+,24+,25+,26-,27+,28-,30+,31+,32+,33+,34?,35-,36+,37+/m1/s1. The molecule has 10 fully saturated rings. The fraction of sp³-hybridized carbons (Fsp3) is 0.865. The quantitative estimate of drug-likeness (QED) is 0.321. The molecule has 0 aromatic heterocycles. The topological polar surface area (TPSA) is 130 Å². The lowest BCUT2D eigenvalue weighted by Crippen LogP contribution is -2.62. The lowest BCUT2D eigenvalue weighted by atomic mass is 9.83. The molecule has 10 rings (SSSR count). The summed E-state index contributed by atoms with van der Waals surface area (Å²) in [5, 5.41) is 10.8. The predicted molar refractivity (Wildman–Crippen MR) is 170 cm³/mol. The summed E-state index contributed by atoms with van der Waals surface area (Å²) in [6.45, 7) is 11.1. The van der Waals surface area contributed by atoms with Crippen LogP contribution < -0.4 is 0 Å². The molecule has 49 heavy (non-hydrogen) atoms. The Hall–Kier alpha value is -1.45. The number of methoxy groups -OCH3 is 1. The number of hydrogen-bond donors (Lipinski definition) is 1. The van der Waals surface area contributed by atoms with Crippen molar-refractivity contribution in [1.29, 1.82) is 0 Å². The molecule has 10 aliphatic rings. The third kappa shape index (κ3) is 5.96. The molecule has 0 aromatic rings. The molecule has 12 nitrogen and oxygen atoms in total. The van der Waals surface area contributed by atoms with Crippen LogP contribution in [0.1, 0.15) is 77.6 Å². The minimum absolute atomic E-state index is 0.0163. The Labute approximate surface area is 288 Å². The van der Waals surface area contributed by atoms with Crippen molar-refractivity contribution in [3.8, 4) is 0 Å². The third-order valence-electron chi connectivity index (χ3n) is 12.9. The number of carbonyl (C=O) groups excluding carboxylic acids is 1. The molecule has 10 heterocycles. The minimum Gasteiger partial charge on any atom is -0.457 e. The van der Waals surface area contributed by atoms with E-state index in [4.69, 9.17) is 47.4 Å². The summed E-state index contributed by atoms with van der Waals surface area (Å²) in [5.74, 6) is -0.976. The number of rotatable bonds is 1. The van der Waals surface area contributed by atoms with Crippen molar-refractivity contribution in [2.45, 2.75) is 181 Å². The Balaban J connectivity index is 0.995. The Bertz CT molecular complexity index is 1310. The average molecular weight is 689 g/mol. The van der Waals surface area contributed by atoms with Crippen molar-refractivity contribution >= 4 is 5.97 Å². The SMILES string of the molecule is C=C1C[C@@H]2CC[C@@]34C[C@H]5O[C@@H]6C(O[C@H]7CC[C@H](CC(=O)O[C@@H]8[C@@H](OC)[C@@H](O)CO[C@H]8C[C@H]8O[C@@H](CC[C@@H]1O2)C[C@@H](C)C8=C)O[C@@H]7[C@@H]6O3)[C@H]5O4. The molecule has 10 aliphatic heterocycles. The van der Waals surface area contributed by atoms with E-state index in [9.17, 15) is 9.90 Å². The van der Waals surface area contributed by atoms with Crippen LogP contribution in [0.4, 0.5) is 0 Å². The van der Waals surface area contributed by atoms with Crippen LogP contribution in [-0.4, -0.2) is 128 Å². The van der Waals surface area contributed by atoms with Crippen molar-refractivity contribution in [2.24, 2.45) is 5.92 Å². The first-order valence-corrected chi connectivity index (χ1v) is 18.7. The Morgan fingerprint density at radius 2 is 1.51 bits per heavy atom. The normalized spacial score (nSPS) is 54.3. The molecule has 272 valence electrons. The number of aliphatic hydroxyl groups is 1. The first kappa shape index (κ1) is 33.4. The van der Waals surface area contributed by atoms with Crippen molar-refractivity contribution in [3.05, 3.63) is 24.3 Å². The van der Waals surface area contributed by atoms with E-state index in [1.165, 1.54) is 7.11 Å². The van der Waals surface area contributed by atoms with Gasteiger partial charge in [-0.3, -0.25) is 4.79 Å². The molecule has 0 aliphatic carbocycles. The maximum Gasteiger partial charge on any atom is 0.308 e. The highest BCUT2D eigenvalue weighted by Crippen LogP contribution is 2.54. The highest BCUT2D eigenvalue weighted by molar-refractivity contribution is 5.70. The molecule has 0 radical (unpaired) electrons. The molecule has 12 bridgehead atoms. The summed E-state index contributed by atoms with van der Waals surface area (Å²) >= 11 is 0. The van der Waals surface area contributed by atoms with Crippen LogP contribution in [-0.2, 0) is 52.2 Å². The Morgan fingerprint density at radius 1 is 0.755 bits per heavy atom. The molecule has 1 N–H and O–H groups in total. The number of carbonyl (C=O) groups is 1. The van der Waals surface area contributed by atoms with Gasteiger partial charge in [0.1, 0.15) is 48.8 Å². The van der Waals surface area contributed by atoms with Gasteiger partial charge in [-0.15, -0.1) is 0 Å². The van der Waals surface area contributed by atoms with Crippen LogP contribution in [0.3, 0.4) is 0 Å². The number of ether oxygens (including phenoxy) is 10. The Kier molecular flexibility index (Phi) is 8.79. The van der Waals surface area contributed by atoms with Gasteiger partial charge in [-0.2, -0.15) is 0 Å². The Morgan fingerprint density at radius 3 is 2.37 bits per heavy atom. The predicted octanol–water partition coefficient (Wildman–Crippen LogP) is 3.06. The molecule has 10 saturated heterocycles. The summed E-state index contributed by atoms with van der Waals surface area (Å²) in [7, 11) is 1.52. The van der Waals surface area contributed by atoms with E-state index in [1.807, 2.05) is 0 Å². The molecule has 1 spiro atoms. The second kappa shape index (κ2) is 12.9. The zero-order chi connectivity index (χ0) is 33.6. The number of esters is 1. The zero-order valence-electron chi connectivity index (χ0n) is 28.7. The maximum atomic E-state index is 13.7. The van der Waals surface area contributed by atoms with Gasteiger partial charge in [-0.05, 0) is 62.0 Å². The molecule has 0 aromatic carbocycles. The fourth-order valence-corrected chi connectivity index (χ4v) is 10.3. The van der Waals surface area contributed by atoms with E-state index in [1.54, 1.807) is 0 Å². The van der Waals surface area contributed by atoms with E-state index < -0.39 is 48.4 Å². The van der Waals surface area contributed by atoms with Gasteiger partial charge in [-0.1, -0.05) is 20.1 Å². The van der Waals surface area contributed by atoms with E-state index >= 15 is 0 Å². The second-order valence-electron chi connectivity index (χ2n) is 16.1. The number of fused-ring (bicyclic) bond motifs is 6. The van der Waals surface area contributed by atoms with Gasteiger partial charge in [0.25, 0.3) is 0 Å². The first-order chi connectivity index (χ1) is 23.7. The zero-order valence-corrected chi connectivity index (χ0v) is 28.7. The van der Waals surface area contributed by atoms with Gasteiger partial charge in [0.15, 0.2) is 11.9 Å². The highest BCUT2D eigenvalue weighted by atomic mass is 16.8. The van der Waals surface area contributed by atoms with Gasteiger partial charge in [0, 0.05) is 26.4 Å². The smallest absolute Gasteiger partial charge is 0.308 e. The van der Waals surface area contributed by atoms with E-state index in [-0.39, 0.29) is 80.0 Å². The van der Waals surface area contributed by atoms with E-state index in [2.05, 4.69) is 20.1 Å². The van der Waals surface area contributed by atoms with Crippen molar-refractivity contribution in [1.82, 2.24) is 0 Å². The number of aliphatic hydroxyl groups excluding tert-OH is 1. The molecular formula is C37H52O12. The van der Waals surface area contributed by atoms with Gasteiger partial charge in [0.2, 0.25) is 0 Å². The van der Waals surface area contributed by atoms with Crippen molar-refractivity contribution in [2.75, 3.05) is 13.7 Å². The molecule has 12 heteroatoms. The second-order valence-corrected chi connectivity index (χ2v) is 16.1. The van der Waals surface area contributed by atoms with E-state index in [0.717, 1.165) is 49.7 Å². The van der Waals surface area contributed by atoms with Crippen molar-refractivity contribution < 1.29 is 57.3 Å². The summed E-state index contributed by atoms with van der Waals surface area (Å²) in [6.07, 6.45) is 1.93. The first-order valence-electron chi connectivity index (χ1n) is 18.7. The summed E-state index contributed by atoms with van der Waals surface area (Å²) in [6, 6.07) is 0. The fourth-order valence-electron chi connectivity index (χ4n) is 10.3. The summed E-state index contributed by atoms with van der Waals surface area (Å²) in [5.41, 5.74) is 2.13. The lowest BCUT2D eigenvalue weighted by Gasteiger charge is -2.47. The average Bonchev–Trinajstić information content (AvgIpc) is 3.66. The van der Waals surface area contributed by atoms with E-state index in [0.29, 0.717) is 25.7 Å². The minimum atomic E-state index is -0.939. The summed E-state index contributed by atoms with van der Waals surface area (Å²) in [4.78, 5) is 13.7. The maximum absolute atomic E-state index is 13.7. The molecule has 0 saturated carbocycles. The largest absolute Gasteiger partial charge is 0.457 e. The van der Waals surface area contributed by atoms with Gasteiger partial charge in [0.05, 0.1) is 55.8 Å². The lowest BCUT2D eigenvalue weighted by molar-refractivity contribution is -0.293. The van der Waals surface area contributed by atoms with Crippen LogP contribution in [0, 0.1) is 5.92 Å². The van der Waals surface area contributed by atoms with Gasteiger partial charge in [-0.25, -0.2) is 0 Å². The number of hydrogen-bond acceptors (Lipinski definition) is 12. The third-order valence-corrected chi connectivity index (χ3v) is 12.9. The molecule has 18 atom stereocenters.